The number of carbonyl (C=O) groups excluding carboxylic acids is 2. The van der Waals surface area contributed by atoms with E-state index in [0.29, 0.717) is 10.6 Å². The molecule has 0 unspecified atom stereocenters. The van der Waals surface area contributed by atoms with Crippen LogP contribution >= 0.6 is 11.3 Å². The number of aryl methyl sites for hydroxylation is 1. The molecule has 0 aliphatic heterocycles. The fourth-order valence-corrected chi connectivity index (χ4v) is 3.78. The van der Waals surface area contributed by atoms with Crippen LogP contribution < -0.4 is 10.6 Å². The Morgan fingerprint density at radius 3 is 2.54 bits per heavy atom. The molecular formula is C20H20N2O3S. The molecule has 5 nitrogen and oxygen atoms in total. The molecule has 26 heavy (non-hydrogen) atoms. The maximum absolute atomic E-state index is 12.3. The molecule has 134 valence electrons. The Morgan fingerprint density at radius 2 is 1.81 bits per heavy atom. The molecule has 3 aromatic rings. The van der Waals surface area contributed by atoms with Gasteiger partial charge in [0.1, 0.15) is 5.00 Å². The van der Waals surface area contributed by atoms with Crippen molar-refractivity contribution in [2.24, 2.45) is 0 Å². The quantitative estimate of drug-likeness (QED) is 0.657. The van der Waals surface area contributed by atoms with Crippen molar-refractivity contribution in [3.05, 3.63) is 58.5 Å². The largest absolute Gasteiger partial charge is 0.465 e. The molecule has 0 fully saturated rings. The Morgan fingerprint density at radius 1 is 1.08 bits per heavy atom. The number of thiophene rings is 1. The van der Waals surface area contributed by atoms with Crippen molar-refractivity contribution in [2.75, 3.05) is 24.3 Å². The summed E-state index contributed by atoms with van der Waals surface area (Å²) in [5, 5.41) is 8.71. The van der Waals surface area contributed by atoms with Gasteiger partial charge in [0.15, 0.2) is 0 Å². The molecule has 1 amide bonds. The van der Waals surface area contributed by atoms with Crippen LogP contribution in [0.5, 0.6) is 0 Å². The number of anilines is 2. The summed E-state index contributed by atoms with van der Waals surface area (Å²) in [7, 11) is 1.33. The van der Waals surface area contributed by atoms with Crippen molar-refractivity contribution >= 4 is 44.7 Å². The third-order valence-corrected chi connectivity index (χ3v) is 5.35. The van der Waals surface area contributed by atoms with E-state index in [1.54, 1.807) is 0 Å². The summed E-state index contributed by atoms with van der Waals surface area (Å²) in [4.78, 5) is 25.3. The van der Waals surface area contributed by atoms with Crippen molar-refractivity contribution in [1.29, 1.82) is 0 Å². The first kappa shape index (κ1) is 17.9. The Balaban J connectivity index is 1.69. The van der Waals surface area contributed by atoms with Crippen molar-refractivity contribution in [1.82, 2.24) is 0 Å². The van der Waals surface area contributed by atoms with Gasteiger partial charge in [-0.2, -0.15) is 0 Å². The maximum atomic E-state index is 12.3. The molecular weight excluding hydrogens is 348 g/mol. The zero-order valence-corrected chi connectivity index (χ0v) is 15.7. The smallest absolute Gasteiger partial charge is 0.341 e. The lowest BCUT2D eigenvalue weighted by Gasteiger charge is -2.09. The molecule has 1 heterocycles. The average Bonchev–Trinajstić information content (AvgIpc) is 2.92. The van der Waals surface area contributed by atoms with Gasteiger partial charge >= 0.3 is 5.97 Å². The molecule has 0 aliphatic carbocycles. The monoisotopic (exact) mass is 368 g/mol. The first-order chi connectivity index (χ1) is 12.5. The minimum absolute atomic E-state index is 0.106. The molecule has 1 aromatic heterocycles. The Kier molecular flexibility index (Phi) is 5.23. The van der Waals surface area contributed by atoms with Gasteiger partial charge in [0, 0.05) is 10.6 Å². The molecule has 0 saturated carbocycles. The van der Waals surface area contributed by atoms with Crippen LogP contribution in [0.3, 0.4) is 0 Å². The Bertz CT molecular complexity index is 978. The molecule has 0 radical (unpaired) electrons. The van der Waals surface area contributed by atoms with Gasteiger partial charge in [0.25, 0.3) is 0 Å². The van der Waals surface area contributed by atoms with Crippen molar-refractivity contribution in [3.8, 4) is 0 Å². The lowest BCUT2D eigenvalue weighted by atomic mass is 10.1. The average molecular weight is 368 g/mol. The number of hydrogen-bond donors (Lipinski definition) is 2. The zero-order valence-electron chi connectivity index (χ0n) is 14.9. The zero-order chi connectivity index (χ0) is 18.7. The van der Waals surface area contributed by atoms with Gasteiger partial charge < -0.3 is 15.4 Å². The van der Waals surface area contributed by atoms with E-state index in [2.05, 4.69) is 10.6 Å². The number of esters is 1. The third kappa shape index (κ3) is 3.70. The van der Waals surface area contributed by atoms with Crippen molar-refractivity contribution in [2.45, 2.75) is 13.8 Å². The van der Waals surface area contributed by atoms with Gasteiger partial charge in [0.05, 0.1) is 19.2 Å². The van der Waals surface area contributed by atoms with Gasteiger partial charge in [-0.1, -0.05) is 30.3 Å². The highest BCUT2D eigenvalue weighted by Gasteiger charge is 2.21. The standard InChI is InChI=1S/C20H20N2O3S/c1-12-13(2)26-19(18(12)20(24)25-3)22-17(23)11-21-16-9-8-14-6-4-5-7-15(14)10-16/h4-10,21H,11H2,1-3H3,(H,22,23). The van der Waals surface area contributed by atoms with Gasteiger partial charge in [-0.3, -0.25) is 4.79 Å². The molecule has 2 aromatic carbocycles. The van der Waals surface area contributed by atoms with Crippen LogP contribution in [-0.2, 0) is 9.53 Å². The normalized spacial score (nSPS) is 10.6. The number of carbonyl (C=O) groups is 2. The van der Waals surface area contributed by atoms with Crippen LogP contribution in [-0.4, -0.2) is 25.5 Å². The van der Waals surface area contributed by atoms with Gasteiger partial charge in [-0.25, -0.2) is 4.79 Å². The number of amides is 1. The summed E-state index contributed by atoms with van der Waals surface area (Å²) in [5.41, 5.74) is 2.12. The topological polar surface area (TPSA) is 67.4 Å². The molecule has 0 saturated heterocycles. The highest BCUT2D eigenvalue weighted by molar-refractivity contribution is 7.16. The summed E-state index contributed by atoms with van der Waals surface area (Å²) < 4.78 is 4.82. The van der Waals surface area contributed by atoms with E-state index in [1.165, 1.54) is 18.4 Å². The number of benzene rings is 2. The lowest BCUT2D eigenvalue weighted by molar-refractivity contribution is -0.114. The summed E-state index contributed by atoms with van der Waals surface area (Å²) in [6.07, 6.45) is 0. The molecule has 0 aliphatic rings. The highest BCUT2D eigenvalue weighted by Crippen LogP contribution is 2.32. The van der Waals surface area contributed by atoms with E-state index in [1.807, 2.05) is 56.3 Å². The summed E-state index contributed by atoms with van der Waals surface area (Å²) in [5.74, 6) is -0.658. The van der Waals surface area contributed by atoms with Crippen molar-refractivity contribution < 1.29 is 14.3 Å². The number of fused-ring (bicyclic) bond motifs is 1. The second-order valence-corrected chi connectivity index (χ2v) is 7.17. The molecule has 2 N–H and O–H groups in total. The second kappa shape index (κ2) is 7.58. The van der Waals surface area contributed by atoms with Gasteiger partial charge in [0.2, 0.25) is 5.91 Å². The van der Waals surface area contributed by atoms with Crippen molar-refractivity contribution in [3.63, 3.8) is 0 Å². The lowest BCUT2D eigenvalue weighted by Crippen LogP contribution is -2.22. The van der Waals surface area contributed by atoms with Gasteiger partial charge in [-0.15, -0.1) is 11.3 Å². The van der Waals surface area contributed by atoms with Crippen LogP contribution in [0.2, 0.25) is 0 Å². The van der Waals surface area contributed by atoms with E-state index < -0.39 is 5.97 Å². The SMILES string of the molecule is COC(=O)c1c(NC(=O)CNc2ccc3ccccc3c2)sc(C)c1C. The predicted octanol–water partition coefficient (Wildman–Crippen LogP) is 4.36. The fraction of sp³-hybridized carbons (Fsp3) is 0.200. The first-order valence-electron chi connectivity index (χ1n) is 8.20. The van der Waals surface area contributed by atoms with E-state index in [9.17, 15) is 9.59 Å². The first-order valence-corrected chi connectivity index (χ1v) is 9.02. The molecule has 3 rings (SSSR count). The fourth-order valence-electron chi connectivity index (χ4n) is 2.72. The molecule has 0 atom stereocenters. The van der Waals surface area contributed by atoms with E-state index in [-0.39, 0.29) is 12.5 Å². The van der Waals surface area contributed by atoms with Gasteiger partial charge in [-0.05, 0) is 42.3 Å². The van der Waals surface area contributed by atoms with E-state index in [0.717, 1.165) is 26.9 Å². The predicted molar refractivity (Wildman–Crippen MR) is 106 cm³/mol. The second-order valence-electron chi connectivity index (χ2n) is 5.94. The third-order valence-electron chi connectivity index (χ3n) is 4.23. The number of ether oxygens (including phenoxy) is 1. The summed E-state index contributed by atoms with van der Waals surface area (Å²) in [6, 6.07) is 14.0. The minimum Gasteiger partial charge on any atom is -0.465 e. The molecule has 0 bridgehead atoms. The van der Waals surface area contributed by atoms with Crippen LogP contribution in [0.15, 0.2) is 42.5 Å². The number of nitrogens with one attached hydrogen (secondary N) is 2. The van der Waals surface area contributed by atoms with E-state index >= 15 is 0 Å². The summed E-state index contributed by atoms with van der Waals surface area (Å²) in [6.45, 7) is 3.87. The number of hydrogen-bond acceptors (Lipinski definition) is 5. The molecule has 0 spiro atoms. The van der Waals surface area contributed by atoms with Crippen LogP contribution in [0.4, 0.5) is 10.7 Å². The van der Waals surface area contributed by atoms with Crippen LogP contribution in [0.25, 0.3) is 10.8 Å². The molecule has 6 heteroatoms. The maximum Gasteiger partial charge on any atom is 0.341 e. The number of methoxy groups -OCH3 is 1. The summed E-state index contributed by atoms with van der Waals surface area (Å²) >= 11 is 1.38. The van der Waals surface area contributed by atoms with E-state index in [4.69, 9.17) is 4.74 Å². The minimum atomic E-state index is -0.440. The van der Waals surface area contributed by atoms with Crippen LogP contribution in [0.1, 0.15) is 20.8 Å². The van der Waals surface area contributed by atoms with Crippen LogP contribution in [0, 0.1) is 13.8 Å². The number of rotatable bonds is 5. The highest BCUT2D eigenvalue weighted by atomic mass is 32.1. The Labute approximate surface area is 156 Å². The Hall–Kier alpha value is -2.86.